The van der Waals surface area contributed by atoms with E-state index in [1.807, 2.05) is 24.3 Å². The number of hydrogen-bond acceptors (Lipinski definition) is 5. The number of nitrogens with zero attached hydrogens (tertiary/aromatic N) is 1. The van der Waals surface area contributed by atoms with Crippen molar-refractivity contribution in [3.8, 4) is 5.75 Å². The van der Waals surface area contributed by atoms with Crippen molar-refractivity contribution >= 4 is 24.0 Å². The Bertz CT molecular complexity index is 749. The van der Waals surface area contributed by atoms with Gasteiger partial charge in [0.2, 0.25) is 0 Å². The van der Waals surface area contributed by atoms with Crippen molar-refractivity contribution in [1.82, 2.24) is 5.32 Å². The Morgan fingerprint density at radius 1 is 1.11 bits per heavy atom. The zero-order valence-electron chi connectivity index (χ0n) is 15.3. The van der Waals surface area contributed by atoms with Crippen LogP contribution in [-0.4, -0.2) is 24.0 Å². The molecule has 1 amide bonds. The van der Waals surface area contributed by atoms with Gasteiger partial charge in [0.25, 0.3) is 11.6 Å². The van der Waals surface area contributed by atoms with E-state index in [-0.39, 0.29) is 36.7 Å². The molecule has 2 rings (SSSR count). The maximum atomic E-state index is 11.9. The average Bonchev–Trinajstić information content (AvgIpc) is 2.64. The van der Waals surface area contributed by atoms with Crippen LogP contribution in [0.15, 0.2) is 48.5 Å². The molecule has 3 N–H and O–H groups in total. The van der Waals surface area contributed by atoms with Gasteiger partial charge < -0.3 is 15.8 Å². The summed E-state index contributed by atoms with van der Waals surface area (Å²) < 4.78 is 5.31. The minimum absolute atomic E-state index is 0. The number of benzene rings is 2. The van der Waals surface area contributed by atoms with Gasteiger partial charge in [-0.3, -0.25) is 14.9 Å². The van der Waals surface area contributed by atoms with E-state index in [9.17, 15) is 14.9 Å². The van der Waals surface area contributed by atoms with Crippen molar-refractivity contribution < 1.29 is 14.5 Å². The Balaban J connectivity index is 0.00000364. The van der Waals surface area contributed by atoms with Gasteiger partial charge in [0.15, 0.2) is 6.61 Å². The first-order valence-electron chi connectivity index (χ1n) is 8.36. The number of halogens is 1. The molecule has 0 aliphatic rings. The summed E-state index contributed by atoms with van der Waals surface area (Å²) in [5.74, 6) is 0.536. The lowest BCUT2D eigenvalue weighted by Gasteiger charge is -2.15. The molecule has 2 aromatic rings. The largest absolute Gasteiger partial charge is 0.484 e. The summed E-state index contributed by atoms with van der Waals surface area (Å²) in [4.78, 5) is 22.0. The van der Waals surface area contributed by atoms with Crippen molar-refractivity contribution in [1.29, 1.82) is 0 Å². The fraction of sp³-hybridized carbons (Fsp3) is 0.316. The van der Waals surface area contributed by atoms with E-state index in [0.717, 1.165) is 5.56 Å². The lowest BCUT2D eigenvalue weighted by Crippen LogP contribution is -2.35. The smallest absolute Gasteiger partial charge is 0.269 e. The predicted octanol–water partition coefficient (Wildman–Crippen LogP) is 3.34. The zero-order chi connectivity index (χ0) is 19.1. The third-order valence-corrected chi connectivity index (χ3v) is 3.97. The van der Waals surface area contributed by atoms with E-state index in [1.54, 1.807) is 0 Å². The number of nitrogens with one attached hydrogen (secondary N) is 1. The molecule has 0 fully saturated rings. The van der Waals surface area contributed by atoms with Crippen LogP contribution in [0.3, 0.4) is 0 Å². The molecule has 0 spiro atoms. The Hall–Kier alpha value is -2.64. The summed E-state index contributed by atoms with van der Waals surface area (Å²) in [6.45, 7) is 4.36. The van der Waals surface area contributed by atoms with Crippen LogP contribution in [-0.2, 0) is 4.79 Å². The normalized spacial score (nSPS) is 11.4. The highest BCUT2D eigenvalue weighted by Crippen LogP contribution is 2.18. The van der Waals surface area contributed by atoms with E-state index in [1.165, 1.54) is 29.8 Å². The molecule has 0 aliphatic heterocycles. The van der Waals surface area contributed by atoms with Crippen molar-refractivity contribution in [2.75, 3.05) is 13.2 Å². The SMILES string of the molecule is CC(C)c1ccc(C(N)CNC(=O)COc2ccc([N+](=O)[O-])cc2)cc1.Cl. The highest BCUT2D eigenvalue weighted by atomic mass is 35.5. The van der Waals surface area contributed by atoms with Gasteiger partial charge in [0, 0.05) is 24.7 Å². The minimum Gasteiger partial charge on any atom is -0.484 e. The van der Waals surface area contributed by atoms with Crippen LogP contribution in [0.25, 0.3) is 0 Å². The number of nitrogens with two attached hydrogens (primary N) is 1. The summed E-state index contributed by atoms with van der Waals surface area (Å²) in [5.41, 5.74) is 8.26. The van der Waals surface area contributed by atoms with Gasteiger partial charge in [-0.2, -0.15) is 0 Å². The quantitative estimate of drug-likeness (QED) is 0.528. The van der Waals surface area contributed by atoms with Crippen LogP contribution in [0.1, 0.15) is 36.9 Å². The first-order chi connectivity index (χ1) is 12.4. The van der Waals surface area contributed by atoms with Gasteiger partial charge in [0.1, 0.15) is 5.75 Å². The summed E-state index contributed by atoms with van der Waals surface area (Å²) in [6.07, 6.45) is 0. The standard InChI is InChI=1S/C19H23N3O4.ClH/c1-13(2)14-3-5-15(6-4-14)18(20)11-21-19(23)12-26-17-9-7-16(8-10-17)22(24)25;/h3-10,13,18H,11-12,20H2,1-2H3,(H,21,23);1H. The highest BCUT2D eigenvalue weighted by molar-refractivity contribution is 5.85. The van der Waals surface area contributed by atoms with E-state index >= 15 is 0 Å². The number of hydrogen-bond donors (Lipinski definition) is 2. The van der Waals surface area contributed by atoms with Crippen LogP contribution in [0.2, 0.25) is 0 Å². The summed E-state index contributed by atoms with van der Waals surface area (Å²) in [5, 5.41) is 13.3. The molecule has 1 unspecified atom stereocenters. The Morgan fingerprint density at radius 3 is 2.19 bits per heavy atom. The van der Waals surface area contributed by atoms with E-state index in [2.05, 4.69) is 19.2 Å². The monoisotopic (exact) mass is 393 g/mol. The molecule has 0 saturated carbocycles. The molecule has 0 aliphatic carbocycles. The highest BCUT2D eigenvalue weighted by Gasteiger charge is 2.10. The molecule has 2 aromatic carbocycles. The number of carbonyl (C=O) groups is 1. The topological polar surface area (TPSA) is 107 Å². The summed E-state index contributed by atoms with van der Waals surface area (Å²) in [6, 6.07) is 13.3. The fourth-order valence-corrected chi connectivity index (χ4v) is 2.33. The fourth-order valence-electron chi connectivity index (χ4n) is 2.33. The number of non-ortho nitro benzene ring substituents is 1. The van der Waals surface area contributed by atoms with E-state index in [4.69, 9.17) is 10.5 Å². The second-order valence-electron chi connectivity index (χ2n) is 6.27. The van der Waals surface area contributed by atoms with Crippen LogP contribution in [0.4, 0.5) is 5.69 Å². The molecule has 146 valence electrons. The van der Waals surface area contributed by atoms with E-state index < -0.39 is 4.92 Å². The molecular formula is C19H24ClN3O4. The first-order valence-corrected chi connectivity index (χ1v) is 8.36. The molecular weight excluding hydrogens is 370 g/mol. The lowest BCUT2D eigenvalue weighted by molar-refractivity contribution is -0.384. The lowest BCUT2D eigenvalue weighted by atomic mass is 9.99. The number of carbonyl (C=O) groups excluding carboxylic acids is 1. The molecule has 0 saturated heterocycles. The molecule has 7 nitrogen and oxygen atoms in total. The first kappa shape index (κ1) is 22.4. The zero-order valence-corrected chi connectivity index (χ0v) is 16.1. The third-order valence-electron chi connectivity index (χ3n) is 3.97. The summed E-state index contributed by atoms with van der Waals surface area (Å²) >= 11 is 0. The van der Waals surface area contributed by atoms with Crippen molar-refractivity contribution in [2.24, 2.45) is 5.73 Å². The Labute approximate surface area is 164 Å². The number of nitro benzene ring substituents is 1. The number of ether oxygens (including phenoxy) is 1. The van der Waals surface area contributed by atoms with Crippen LogP contribution >= 0.6 is 12.4 Å². The molecule has 0 heterocycles. The van der Waals surface area contributed by atoms with Gasteiger partial charge in [0.05, 0.1) is 4.92 Å². The number of nitro groups is 1. The average molecular weight is 394 g/mol. The second kappa shape index (κ2) is 10.5. The van der Waals surface area contributed by atoms with Gasteiger partial charge in [-0.25, -0.2) is 0 Å². The van der Waals surface area contributed by atoms with Gasteiger partial charge in [-0.1, -0.05) is 38.1 Å². The van der Waals surface area contributed by atoms with Crippen molar-refractivity contribution in [3.63, 3.8) is 0 Å². The van der Waals surface area contributed by atoms with Crippen molar-refractivity contribution in [2.45, 2.75) is 25.8 Å². The molecule has 27 heavy (non-hydrogen) atoms. The van der Waals surface area contributed by atoms with E-state index in [0.29, 0.717) is 18.2 Å². The molecule has 0 aromatic heterocycles. The minimum atomic E-state index is -0.494. The Kier molecular flexibility index (Phi) is 8.71. The second-order valence-corrected chi connectivity index (χ2v) is 6.27. The summed E-state index contributed by atoms with van der Waals surface area (Å²) in [7, 11) is 0. The molecule has 0 bridgehead atoms. The van der Waals surface area contributed by atoms with Gasteiger partial charge >= 0.3 is 0 Å². The molecule has 1 atom stereocenters. The van der Waals surface area contributed by atoms with Crippen LogP contribution in [0, 0.1) is 10.1 Å². The maximum absolute atomic E-state index is 11.9. The Morgan fingerprint density at radius 2 is 1.67 bits per heavy atom. The van der Waals surface area contributed by atoms with Gasteiger partial charge in [-0.05, 0) is 29.2 Å². The third kappa shape index (κ3) is 6.88. The maximum Gasteiger partial charge on any atom is 0.269 e. The number of rotatable bonds is 8. The number of amides is 1. The molecule has 8 heteroatoms. The molecule has 0 radical (unpaired) electrons. The van der Waals surface area contributed by atoms with Gasteiger partial charge in [-0.15, -0.1) is 12.4 Å². The predicted molar refractivity (Wildman–Crippen MR) is 106 cm³/mol. The van der Waals surface area contributed by atoms with Crippen LogP contribution < -0.4 is 15.8 Å². The van der Waals surface area contributed by atoms with Crippen molar-refractivity contribution in [3.05, 3.63) is 69.8 Å². The van der Waals surface area contributed by atoms with Crippen LogP contribution in [0.5, 0.6) is 5.75 Å².